The van der Waals surface area contributed by atoms with E-state index in [1.54, 1.807) is 41.3 Å². The van der Waals surface area contributed by atoms with Gasteiger partial charge in [0.05, 0.1) is 0 Å². The number of primary amides is 1. The van der Waals surface area contributed by atoms with Crippen LogP contribution >= 0.6 is 34.8 Å². The molecule has 158 valence electrons. The van der Waals surface area contributed by atoms with E-state index < -0.39 is 5.91 Å². The highest BCUT2D eigenvalue weighted by atomic mass is 35.5. The van der Waals surface area contributed by atoms with Gasteiger partial charge in [-0.05, 0) is 30.3 Å². The highest BCUT2D eigenvalue weighted by Gasteiger charge is 2.33. The Labute approximate surface area is 193 Å². The quantitative estimate of drug-likeness (QED) is 0.530. The van der Waals surface area contributed by atoms with Crippen LogP contribution in [0, 0.1) is 0 Å². The number of carbonyl (C=O) groups is 2. The summed E-state index contributed by atoms with van der Waals surface area (Å²) in [6.45, 7) is 0.400. The van der Waals surface area contributed by atoms with E-state index in [1.807, 2.05) is 6.07 Å². The van der Waals surface area contributed by atoms with E-state index in [1.165, 1.54) is 12.4 Å². The fourth-order valence-corrected chi connectivity index (χ4v) is 4.14. The Kier molecular flexibility index (Phi) is 6.05. The Hall–Kier alpha value is -2.80. The van der Waals surface area contributed by atoms with Gasteiger partial charge in [0.2, 0.25) is 11.8 Å². The molecule has 0 spiro atoms. The second kappa shape index (κ2) is 8.75. The van der Waals surface area contributed by atoms with Crippen molar-refractivity contribution in [2.24, 2.45) is 5.73 Å². The number of hydrogen-bond acceptors (Lipinski definition) is 4. The van der Waals surface area contributed by atoms with Gasteiger partial charge in [-0.15, -0.1) is 0 Å². The predicted molar refractivity (Wildman–Crippen MR) is 120 cm³/mol. The molecule has 2 N–H and O–H groups in total. The van der Waals surface area contributed by atoms with E-state index in [0.717, 1.165) is 5.56 Å². The van der Waals surface area contributed by atoms with Gasteiger partial charge in [0.15, 0.2) is 5.75 Å². The first-order valence-corrected chi connectivity index (χ1v) is 10.4. The summed E-state index contributed by atoms with van der Waals surface area (Å²) in [5.41, 5.74) is 7.11. The Morgan fingerprint density at radius 3 is 2.55 bits per heavy atom. The van der Waals surface area contributed by atoms with Gasteiger partial charge >= 0.3 is 0 Å². The SMILES string of the molecule is NC(=O)c1cccc(N2CC(c3ccc(Cl)cc3Oc3c(Cl)cncc3Cl)CC2=O)c1. The molecule has 0 saturated carbocycles. The maximum Gasteiger partial charge on any atom is 0.248 e. The normalized spacial score (nSPS) is 15.9. The summed E-state index contributed by atoms with van der Waals surface area (Å²) < 4.78 is 6.01. The molecule has 1 fully saturated rings. The van der Waals surface area contributed by atoms with Gasteiger partial charge in [-0.3, -0.25) is 14.6 Å². The maximum absolute atomic E-state index is 12.8. The van der Waals surface area contributed by atoms with Gasteiger partial charge in [-0.25, -0.2) is 0 Å². The molecule has 3 aromatic rings. The van der Waals surface area contributed by atoms with Crippen LogP contribution in [0.25, 0.3) is 0 Å². The molecule has 31 heavy (non-hydrogen) atoms. The predicted octanol–water partition coefficient (Wildman–Crippen LogP) is 5.45. The Morgan fingerprint density at radius 1 is 1.10 bits per heavy atom. The van der Waals surface area contributed by atoms with Crippen LogP contribution < -0.4 is 15.4 Å². The van der Waals surface area contributed by atoms with E-state index in [9.17, 15) is 9.59 Å². The van der Waals surface area contributed by atoms with Crippen LogP contribution in [0.5, 0.6) is 11.5 Å². The molecule has 1 unspecified atom stereocenters. The number of benzene rings is 2. The number of carbonyl (C=O) groups excluding carboxylic acids is 2. The fourth-order valence-electron chi connectivity index (χ4n) is 3.53. The number of rotatable bonds is 5. The molecule has 1 atom stereocenters. The molecule has 4 rings (SSSR count). The van der Waals surface area contributed by atoms with Crippen LogP contribution in [0.1, 0.15) is 28.3 Å². The third-order valence-electron chi connectivity index (χ3n) is 5.00. The number of amides is 2. The number of nitrogens with two attached hydrogens (primary N) is 1. The van der Waals surface area contributed by atoms with Gasteiger partial charge in [-0.2, -0.15) is 0 Å². The summed E-state index contributed by atoms with van der Waals surface area (Å²) in [4.78, 5) is 29.8. The lowest BCUT2D eigenvalue weighted by molar-refractivity contribution is -0.117. The van der Waals surface area contributed by atoms with Crippen molar-refractivity contribution in [3.05, 3.63) is 81.1 Å². The van der Waals surface area contributed by atoms with Crippen LogP contribution in [0.4, 0.5) is 5.69 Å². The van der Waals surface area contributed by atoms with E-state index in [-0.39, 0.29) is 34.0 Å². The zero-order valence-corrected chi connectivity index (χ0v) is 18.3. The molecule has 1 aliphatic rings. The van der Waals surface area contributed by atoms with Crippen LogP contribution in [-0.4, -0.2) is 23.3 Å². The summed E-state index contributed by atoms with van der Waals surface area (Å²) in [7, 11) is 0. The molecule has 1 aliphatic heterocycles. The smallest absolute Gasteiger partial charge is 0.248 e. The first-order chi connectivity index (χ1) is 14.8. The fraction of sp³-hybridized carbons (Fsp3) is 0.136. The van der Waals surface area contributed by atoms with Crippen molar-refractivity contribution in [3.63, 3.8) is 0 Å². The molecule has 0 bridgehead atoms. The van der Waals surface area contributed by atoms with E-state index in [2.05, 4.69) is 4.98 Å². The average Bonchev–Trinajstić information content (AvgIpc) is 3.12. The van der Waals surface area contributed by atoms with Crippen LogP contribution in [0.15, 0.2) is 54.9 Å². The van der Waals surface area contributed by atoms with Crippen molar-refractivity contribution in [2.75, 3.05) is 11.4 Å². The molecule has 0 radical (unpaired) electrons. The highest BCUT2D eigenvalue weighted by Crippen LogP contribution is 2.42. The van der Waals surface area contributed by atoms with Gasteiger partial charge < -0.3 is 15.4 Å². The minimum atomic E-state index is -0.551. The number of hydrogen-bond donors (Lipinski definition) is 1. The third-order valence-corrected chi connectivity index (χ3v) is 5.78. The zero-order chi connectivity index (χ0) is 22.1. The molecule has 9 heteroatoms. The van der Waals surface area contributed by atoms with E-state index >= 15 is 0 Å². The minimum Gasteiger partial charge on any atom is -0.454 e. The largest absolute Gasteiger partial charge is 0.454 e. The number of halogens is 3. The standard InChI is InChI=1S/C22H16Cl3N3O3/c23-14-4-5-16(19(8-14)31-21-17(24)9-27-10-18(21)25)13-7-20(29)28(11-13)15-3-1-2-12(6-15)22(26)30/h1-6,8-10,13H,7,11H2,(H2,26,30). The number of nitrogens with zero attached hydrogens (tertiary/aromatic N) is 2. The molecule has 2 amide bonds. The van der Waals surface area contributed by atoms with Crippen LogP contribution in [-0.2, 0) is 4.79 Å². The first kappa shape index (κ1) is 21.4. The topological polar surface area (TPSA) is 85.5 Å². The van der Waals surface area contributed by atoms with Crippen LogP contribution in [0.3, 0.4) is 0 Å². The molecule has 2 aromatic carbocycles. The molecule has 0 aliphatic carbocycles. The average molecular weight is 477 g/mol. The zero-order valence-electron chi connectivity index (χ0n) is 16.0. The first-order valence-electron chi connectivity index (χ1n) is 9.30. The lowest BCUT2D eigenvalue weighted by Gasteiger charge is -2.19. The second-order valence-corrected chi connectivity index (χ2v) is 8.29. The molecular weight excluding hydrogens is 461 g/mol. The van der Waals surface area contributed by atoms with Crippen molar-refractivity contribution >= 4 is 52.3 Å². The molecular formula is C22H16Cl3N3O3. The Bertz CT molecular complexity index is 1170. The second-order valence-electron chi connectivity index (χ2n) is 7.04. The molecule has 1 saturated heterocycles. The van der Waals surface area contributed by atoms with Crippen molar-refractivity contribution in [2.45, 2.75) is 12.3 Å². The number of aromatic nitrogens is 1. The minimum absolute atomic E-state index is 0.0764. The summed E-state index contributed by atoms with van der Waals surface area (Å²) in [5, 5.41) is 0.979. The third kappa shape index (κ3) is 4.46. The van der Waals surface area contributed by atoms with Crippen molar-refractivity contribution in [3.8, 4) is 11.5 Å². The number of pyridine rings is 1. The van der Waals surface area contributed by atoms with Gasteiger partial charge in [0, 0.05) is 53.1 Å². The van der Waals surface area contributed by atoms with Crippen molar-refractivity contribution in [1.29, 1.82) is 0 Å². The van der Waals surface area contributed by atoms with Gasteiger partial charge in [0.25, 0.3) is 0 Å². The lowest BCUT2D eigenvalue weighted by atomic mass is 9.97. The Morgan fingerprint density at radius 2 is 1.84 bits per heavy atom. The van der Waals surface area contributed by atoms with Crippen molar-refractivity contribution < 1.29 is 14.3 Å². The lowest BCUT2D eigenvalue weighted by Crippen LogP contribution is -2.24. The molecule has 6 nitrogen and oxygen atoms in total. The summed E-state index contributed by atoms with van der Waals surface area (Å²) in [5.74, 6) is -0.0846. The molecule has 2 heterocycles. The van der Waals surface area contributed by atoms with Crippen LogP contribution in [0.2, 0.25) is 15.1 Å². The maximum atomic E-state index is 12.8. The van der Waals surface area contributed by atoms with E-state index in [4.69, 9.17) is 45.3 Å². The van der Waals surface area contributed by atoms with Gasteiger partial charge in [-0.1, -0.05) is 46.9 Å². The summed E-state index contributed by atoms with van der Waals surface area (Å²) in [6, 6.07) is 11.9. The summed E-state index contributed by atoms with van der Waals surface area (Å²) >= 11 is 18.6. The monoisotopic (exact) mass is 475 g/mol. The number of ether oxygens (including phenoxy) is 1. The Balaban J connectivity index is 1.66. The number of anilines is 1. The highest BCUT2D eigenvalue weighted by molar-refractivity contribution is 6.37. The van der Waals surface area contributed by atoms with E-state index in [0.29, 0.717) is 28.6 Å². The van der Waals surface area contributed by atoms with Gasteiger partial charge in [0.1, 0.15) is 15.8 Å². The van der Waals surface area contributed by atoms with Crippen molar-refractivity contribution in [1.82, 2.24) is 4.98 Å². The summed E-state index contributed by atoms with van der Waals surface area (Å²) in [6.07, 6.45) is 3.12. The molecule has 1 aromatic heterocycles.